The van der Waals surface area contributed by atoms with E-state index in [-0.39, 0.29) is 0 Å². The zero-order valence-electron chi connectivity index (χ0n) is 10.9. The molecule has 0 amide bonds. The van der Waals surface area contributed by atoms with Crippen LogP contribution in [0.15, 0.2) is 30.3 Å². The smallest absolute Gasteiger partial charge is 0.124 e. The van der Waals surface area contributed by atoms with Gasteiger partial charge in [0.1, 0.15) is 4.83 Å². The Hall–Kier alpha value is -1.67. The third-order valence-corrected chi connectivity index (χ3v) is 4.98. The normalized spacial score (nSPS) is 13.9. The van der Waals surface area contributed by atoms with E-state index in [9.17, 15) is 0 Å². The highest BCUT2D eigenvalue weighted by Crippen LogP contribution is 2.41. The molecule has 0 fully saturated rings. The topological polar surface area (TPSA) is 12.9 Å². The van der Waals surface area contributed by atoms with Crippen molar-refractivity contribution in [1.82, 2.24) is 4.98 Å². The molecule has 0 N–H and O–H groups in total. The Labute approximate surface area is 116 Å². The Balaban J connectivity index is 2.09. The lowest BCUT2D eigenvalue weighted by atomic mass is 9.99. The summed E-state index contributed by atoms with van der Waals surface area (Å²) in [6, 6.07) is 14.1. The van der Waals surface area contributed by atoms with Crippen molar-refractivity contribution in [3.05, 3.63) is 52.5 Å². The lowest BCUT2D eigenvalue weighted by Gasteiger charge is -2.06. The van der Waals surface area contributed by atoms with E-state index in [4.69, 9.17) is 0 Å². The summed E-state index contributed by atoms with van der Waals surface area (Å²) in [5.41, 5.74) is 5.02. The molecule has 4 rings (SSSR count). The number of hydrogen-bond acceptors (Lipinski definition) is 2. The largest absolute Gasteiger partial charge is 0.242 e. The van der Waals surface area contributed by atoms with Crippen molar-refractivity contribution in [3.8, 4) is 11.1 Å². The second kappa shape index (κ2) is 4.17. The van der Waals surface area contributed by atoms with Crippen LogP contribution in [0, 0.1) is 13.0 Å². The van der Waals surface area contributed by atoms with E-state index < -0.39 is 0 Å². The molecule has 0 saturated carbocycles. The second-order valence-corrected chi connectivity index (χ2v) is 6.18. The van der Waals surface area contributed by atoms with Crippen LogP contribution in [-0.4, -0.2) is 4.98 Å². The first kappa shape index (κ1) is 11.2. The van der Waals surface area contributed by atoms with Gasteiger partial charge in [0.05, 0.1) is 0 Å². The fourth-order valence-corrected chi connectivity index (χ4v) is 4.29. The molecule has 1 aromatic carbocycles. The quantitative estimate of drug-likeness (QED) is 0.628. The van der Waals surface area contributed by atoms with Crippen LogP contribution in [0.3, 0.4) is 0 Å². The Morgan fingerprint density at radius 3 is 2.84 bits per heavy atom. The average molecular weight is 264 g/mol. The highest BCUT2D eigenvalue weighted by molar-refractivity contribution is 7.19. The molecule has 19 heavy (non-hydrogen) atoms. The van der Waals surface area contributed by atoms with Crippen LogP contribution in [0.2, 0.25) is 0 Å². The molecule has 0 atom stereocenters. The SMILES string of the molecule is Cc1[c]c(-c2ccccc2)c2c3c(sc2n1)CCC3. The lowest BCUT2D eigenvalue weighted by molar-refractivity contribution is 0.917. The fraction of sp³-hybridized carbons (Fsp3) is 0.235. The van der Waals surface area contributed by atoms with E-state index in [1.54, 1.807) is 4.88 Å². The minimum absolute atomic E-state index is 0.992. The van der Waals surface area contributed by atoms with E-state index in [2.05, 4.69) is 41.4 Å². The molecule has 2 aromatic heterocycles. The summed E-state index contributed by atoms with van der Waals surface area (Å²) in [5, 5.41) is 1.36. The van der Waals surface area contributed by atoms with Crippen LogP contribution in [0.25, 0.3) is 21.3 Å². The molecule has 1 radical (unpaired) electrons. The molecule has 2 heteroatoms. The van der Waals surface area contributed by atoms with Gasteiger partial charge in [-0.1, -0.05) is 30.3 Å². The van der Waals surface area contributed by atoms with Gasteiger partial charge in [-0.05, 0) is 37.3 Å². The molecular formula is C17H14NS. The van der Waals surface area contributed by atoms with Crippen LogP contribution < -0.4 is 0 Å². The van der Waals surface area contributed by atoms with Gasteiger partial charge in [0, 0.05) is 27.6 Å². The maximum atomic E-state index is 4.69. The molecule has 1 nitrogen and oxygen atoms in total. The van der Waals surface area contributed by atoms with Gasteiger partial charge in [-0.25, -0.2) is 4.98 Å². The molecule has 93 valence electrons. The molecule has 0 saturated heterocycles. The maximum Gasteiger partial charge on any atom is 0.124 e. The fourth-order valence-electron chi connectivity index (χ4n) is 2.97. The van der Waals surface area contributed by atoms with Gasteiger partial charge in [0.2, 0.25) is 0 Å². The van der Waals surface area contributed by atoms with Gasteiger partial charge in [0.15, 0.2) is 0 Å². The van der Waals surface area contributed by atoms with Crippen LogP contribution in [0.4, 0.5) is 0 Å². The number of thiophene rings is 1. The van der Waals surface area contributed by atoms with Gasteiger partial charge >= 0.3 is 0 Å². The van der Waals surface area contributed by atoms with Crippen molar-refractivity contribution in [3.63, 3.8) is 0 Å². The molecular weight excluding hydrogens is 250 g/mol. The lowest BCUT2D eigenvalue weighted by Crippen LogP contribution is -1.88. The summed E-state index contributed by atoms with van der Waals surface area (Å²) >= 11 is 1.88. The third kappa shape index (κ3) is 1.71. The number of hydrogen-bond donors (Lipinski definition) is 0. The number of rotatable bonds is 1. The number of benzene rings is 1. The van der Waals surface area contributed by atoms with Crippen LogP contribution in [0.5, 0.6) is 0 Å². The van der Waals surface area contributed by atoms with E-state index in [0.717, 1.165) is 5.69 Å². The zero-order chi connectivity index (χ0) is 12.8. The van der Waals surface area contributed by atoms with Gasteiger partial charge in [0.25, 0.3) is 0 Å². The Morgan fingerprint density at radius 1 is 1.16 bits per heavy atom. The average Bonchev–Trinajstić information content (AvgIpc) is 2.98. The maximum absolute atomic E-state index is 4.69. The van der Waals surface area contributed by atoms with Gasteiger partial charge in [-0.15, -0.1) is 11.3 Å². The second-order valence-electron chi connectivity index (χ2n) is 5.10. The van der Waals surface area contributed by atoms with Gasteiger partial charge in [-0.3, -0.25) is 0 Å². The van der Waals surface area contributed by atoms with E-state index in [1.165, 1.54) is 46.2 Å². The summed E-state index contributed by atoms with van der Waals surface area (Å²) in [7, 11) is 0. The van der Waals surface area contributed by atoms with Crippen LogP contribution in [0.1, 0.15) is 22.6 Å². The van der Waals surface area contributed by atoms with Crippen molar-refractivity contribution >= 4 is 21.6 Å². The minimum atomic E-state index is 0.992. The Bertz CT molecular complexity index is 756. The molecule has 0 unspecified atom stereocenters. The molecule has 0 bridgehead atoms. The summed E-state index contributed by atoms with van der Waals surface area (Å²) in [6.45, 7) is 2.04. The van der Waals surface area contributed by atoms with Crippen molar-refractivity contribution < 1.29 is 0 Å². The number of aryl methyl sites for hydroxylation is 3. The highest BCUT2D eigenvalue weighted by Gasteiger charge is 2.21. The third-order valence-electron chi connectivity index (χ3n) is 3.79. The van der Waals surface area contributed by atoms with Gasteiger partial charge < -0.3 is 0 Å². The predicted molar refractivity (Wildman–Crippen MR) is 80.7 cm³/mol. The molecule has 2 heterocycles. The number of fused-ring (bicyclic) bond motifs is 3. The minimum Gasteiger partial charge on any atom is -0.242 e. The summed E-state index contributed by atoms with van der Waals surface area (Å²) in [4.78, 5) is 7.42. The molecule has 0 aliphatic heterocycles. The summed E-state index contributed by atoms with van der Waals surface area (Å²) in [6.07, 6.45) is 3.72. The van der Waals surface area contributed by atoms with E-state index in [1.807, 2.05) is 18.3 Å². The number of pyridine rings is 1. The molecule has 1 aliphatic carbocycles. The molecule has 0 spiro atoms. The van der Waals surface area contributed by atoms with Crippen LogP contribution in [-0.2, 0) is 12.8 Å². The molecule has 1 aliphatic rings. The standard InChI is InChI=1S/C17H14NS/c1-11-10-14(12-6-3-2-4-7-12)16-13-8-5-9-15(13)19-17(16)18-11/h2-4,6-7H,5,8-9H2,1H3. The Kier molecular flexibility index (Phi) is 2.46. The van der Waals surface area contributed by atoms with Crippen LogP contribution >= 0.6 is 11.3 Å². The van der Waals surface area contributed by atoms with Crippen molar-refractivity contribution in [2.75, 3.05) is 0 Å². The van der Waals surface area contributed by atoms with Crippen molar-refractivity contribution in [1.29, 1.82) is 0 Å². The van der Waals surface area contributed by atoms with Gasteiger partial charge in [-0.2, -0.15) is 0 Å². The van der Waals surface area contributed by atoms with Crippen molar-refractivity contribution in [2.45, 2.75) is 26.2 Å². The molecule has 3 aromatic rings. The highest BCUT2D eigenvalue weighted by atomic mass is 32.1. The van der Waals surface area contributed by atoms with E-state index >= 15 is 0 Å². The van der Waals surface area contributed by atoms with E-state index in [0.29, 0.717) is 0 Å². The first-order valence-electron chi connectivity index (χ1n) is 6.72. The zero-order valence-corrected chi connectivity index (χ0v) is 11.7. The first-order valence-corrected chi connectivity index (χ1v) is 7.54. The first-order chi connectivity index (χ1) is 9.33. The monoisotopic (exact) mass is 264 g/mol. The number of aromatic nitrogens is 1. The summed E-state index contributed by atoms with van der Waals surface area (Å²) in [5.74, 6) is 0. The summed E-state index contributed by atoms with van der Waals surface area (Å²) < 4.78 is 0. The Morgan fingerprint density at radius 2 is 2.00 bits per heavy atom. The number of nitrogens with zero attached hydrogens (tertiary/aromatic N) is 1. The van der Waals surface area contributed by atoms with Crippen molar-refractivity contribution in [2.24, 2.45) is 0 Å². The predicted octanol–water partition coefficient (Wildman–Crippen LogP) is 4.56.